The third kappa shape index (κ3) is 4.01. The molecular formula is C28H25N3O4. The van der Waals surface area contributed by atoms with Crippen LogP contribution in [-0.4, -0.2) is 23.6 Å². The Balaban J connectivity index is 1.78. The molecule has 7 nitrogen and oxygen atoms in total. The standard InChI is InChI=1S/C28H25N3O4/c1-18-27(28(32)31(30(18)2)20-8-6-5-7-9-20)29-24-17-26(19-10-12-21(33-3)13-11-19)35-25-15-14-22(34-4)16-23(24)25/h5-17H,1-4H3. The molecule has 0 amide bonds. The third-order valence-electron chi connectivity index (χ3n) is 6.08. The molecule has 5 rings (SSSR count). The van der Waals surface area contributed by atoms with Gasteiger partial charge in [-0.1, -0.05) is 18.2 Å². The maximum Gasteiger partial charge on any atom is 0.297 e. The number of aromatic nitrogens is 2. The smallest absolute Gasteiger partial charge is 0.297 e. The van der Waals surface area contributed by atoms with Crippen LogP contribution in [0.4, 0.5) is 5.69 Å². The van der Waals surface area contributed by atoms with Gasteiger partial charge in [0, 0.05) is 24.1 Å². The predicted octanol–water partition coefficient (Wildman–Crippen LogP) is 5.15. The van der Waals surface area contributed by atoms with Gasteiger partial charge in [0.1, 0.15) is 22.8 Å². The largest absolute Gasteiger partial charge is 0.497 e. The van der Waals surface area contributed by atoms with Crippen molar-refractivity contribution in [3.05, 3.63) is 100 Å². The van der Waals surface area contributed by atoms with Crippen LogP contribution >= 0.6 is 0 Å². The maximum atomic E-state index is 13.5. The molecule has 0 fully saturated rings. The summed E-state index contributed by atoms with van der Waals surface area (Å²) in [6.45, 7) is 1.89. The molecule has 0 radical (unpaired) electrons. The minimum absolute atomic E-state index is 0.195. The molecule has 0 aliphatic rings. The lowest BCUT2D eigenvalue weighted by molar-refractivity contribution is 0.414. The molecule has 7 heteroatoms. The van der Waals surface area contributed by atoms with Crippen molar-refractivity contribution in [1.82, 2.24) is 9.36 Å². The SMILES string of the molecule is COc1ccc(-c2cc(=Nc3c(C)n(C)n(-c4ccccc4)c3=O)c3cc(OC)ccc3o2)cc1. The summed E-state index contributed by atoms with van der Waals surface area (Å²) in [6, 6.07) is 24.5. The highest BCUT2D eigenvalue weighted by Crippen LogP contribution is 2.27. The Morgan fingerprint density at radius 2 is 1.54 bits per heavy atom. The van der Waals surface area contributed by atoms with Crippen molar-refractivity contribution in [2.45, 2.75) is 6.92 Å². The quantitative estimate of drug-likeness (QED) is 0.359. The van der Waals surface area contributed by atoms with Crippen molar-refractivity contribution in [2.75, 3.05) is 14.2 Å². The second-order valence-corrected chi connectivity index (χ2v) is 8.11. The number of rotatable bonds is 5. The van der Waals surface area contributed by atoms with Crippen LogP contribution in [0.15, 0.2) is 93.1 Å². The van der Waals surface area contributed by atoms with Gasteiger partial charge in [-0.15, -0.1) is 0 Å². The Kier molecular flexibility index (Phi) is 5.74. The lowest BCUT2D eigenvalue weighted by atomic mass is 10.1. The van der Waals surface area contributed by atoms with E-state index in [-0.39, 0.29) is 5.56 Å². The number of methoxy groups -OCH3 is 2. The van der Waals surface area contributed by atoms with Crippen molar-refractivity contribution in [3.63, 3.8) is 0 Å². The summed E-state index contributed by atoms with van der Waals surface area (Å²) in [6.07, 6.45) is 0. The van der Waals surface area contributed by atoms with Gasteiger partial charge in [-0.2, -0.15) is 0 Å². The highest BCUT2D eigenvalue weighted by molar-refractivity contribution is 5.80. The lowest BCUT2D eigenvalue weighted by Crippen LogP contribution is -2.19. The zero-order valence-electron chi connectivity index (χ0n) is 20.0. The Morgan fingerprint density at radius 1 is 0.857 bits per heavy atom. The molecule has 0 aliphatic heterocycles. The van der Waals surface area contributed by atoms with Crippen molar-refractivity contribution in [2.24, 2.45) is 12.0 Å². The second kappa shape index (κ2) is 9.02. The van der Waals surface area contributed by atoms with Gasteiger partial charge >= 0.3 is 0 Å². The number of nitrogens with zero attached hydrogens (tertiary/aromatic N) is 3. The van der Waals surface area contributed by atoms with Crippen molar-refractivity contribution in [1.29, 1.82) is 0 Å². The summed E-state index contributed by atoms with van der Waals surface area (Å²) < 4.78 is 20.4. The van der Waals surface area contributed by atoms with Crippen molar-refractivity contribution >= 4 is 16.7 Å². The van der Waals surface area contributed by atoms with Crippen LogP contribution in [0, 0.1) is 6.92 Å². The number of ether oxygens (including phenoxy) is 2. The molecule has 2 aromatic heterocycles. The van der Waals surface area contributed by atoms with E-state index in [0.29, 0.717) is 28.1 Å². The number of hydrogen-bond acceptors (Lipinski definition) is 5. The van der Waals surface area contributed by atoms with Gasteiger partial charge in [0.2, 0.25) is 0 Å². The summed E-state index contributed by atoms with van der Waals surface area (Å²) in [5, 5.41) is 1.36. The van der Waals surface area contributed by atoms with Gasteiger partial charge in [0.15, 0.2) is 5.69 Å². The summed E-state index contributed by atoms with van der Waals surface area (Å²) in [5.74, 6) is 2.06. The summed E-state index contributed by atoms with van der Waals surface area (Å²) in [5.41, 5.74) is 3.20. The minimum Gasteiger partial charge on any atom is -0.497 e. The zero-order valence-corrected chi connectivity index (χ0v) is 20.0. The summed E-state index contributed by atoms with van der Waals surface area (Å²) >= 11 is 0. The van der Waals surface area contributed by atoms with Gasteiger partial charge in [0.05, 0.1) is 31.0 Å². The van der Waals surface area contributed by atoms with Crippen molar-refractivity contribution < 1.29 is 13.9 Å². The highest BCUT2D eigenvalue weighted by Gasteiger charge is 2.16. The van der Waals surface area contributed by atoms with E-state index in [1.165, 1.54) is 0 Å². The monoisotopic (exact) mass is 467 g/mol. The molecule has 0 unspecified atom stereocenters. The average Bonchev–Trinajstić information content (AvgIpc) is 3.11. The first-order valence-electron chi connectivity index (χ1n) is 11.1. The fourth-order valence-electron chi connectivity index (χ4n) is 4.07. The summed E-state index contributed by atoms with van der Waals surface area (Å²) in [7, 11) is 5.10. The van der Waals surface area contributed by atoms with E-state index in [0.717, 1.165) is 28.1 Å². The van der Waals surface area contributed by atoms with Gasteiger partial charge in [0.25, 0.3) is 5.56 Å². The van der Waals surface area contributed by atoms with Crippen LogP contribution in [0.25, 0.3) is 28.0 Å². The molecule has 0 spiro atoms. The van der Waals surface area contributed by atoms with Gasteiger partial charge in [-0.3, -0.25) is 9.48 Å². The van der Waals surface area contributed by atoms with Gasteiger partial charge in [-0.25, -0.2) is 9.67 Å². The van der Waals surface area contributed by atoms with E-state index in [2.05, 4.69) is 0 Å². The van der Waals surface area contributed by atoms with E-state index < -0.39 is 0 Å². The molecule has 176 valence electrons. The first-order chi connectivity index (χ1) is 17.0. The normalized spacial score (nSPS) is 11.7. The molecule has 0 bridgehead atoms. The molecular weight excluding hydrogens is 442 g/mol. The van der Waals surface area contributed by atoms with E-state index in [4.69, 9.17) is 18.9 Å². The Labute approximate surface area is 202 Å². The predicted molar refractivity (Wildman–Crippen MR) is 136 cm³/mol. The molecule has 0 atom stereocenters. The fourth-order valence-corrected chi connectivity index (χ4v) is 4.07. The molecule has 0 N–H and O–H groups in total. The second-order valence-electron chi connectivity index (χ2n) is 8.11. The molecule has 5 aromatic rings. The van der Waals surface area contributed by atoms with E-state index in [1.54, 1.807) is 18.9 Å². The molecule has 35 heavy (non-hydrogen) atoms. The van der Waals surface area contributed by atoms with Crippen LogP contribution in [-0.2, 0) is 7.05 Å². The zero-order chi connectivity index (χ0) is 24.5. The molecule has 0 saturated carbocycles. The number of hydrogen-bond donors (Lipinski definition) is 0. The first-order valence-corrected chi connectivity index (χ1v) is 11.1. The van der Waals surface area contributed by atoms with E-state index >= 15 is 0 Å². The van der Waals surface area contributed by atoms with Crippen LogP contribution in [0.5, 0.6) is 11.5 Å². The lowest BCUT2D eigenvalue weighted by Gasteiger charge is -2.07. The number of fused-ring (bicyclic) bond motifs is 1. The van der Waals surface area contributed by atoms with Crippen molar-refractivity contribution in [3.8, 4) is 28.5 Å². The van der Waals surface area contributed by atoms with Crippen LogP contribution in [0.2, 0.25) is 0 Å². The molecule has 3 aromatic carbocycles. The van der Waals surface area contributed by atoms with Gasteiger partial charge in [-0.05, 0) is 61.5 Å². The van der Waals surface area contributed by atoms with E-state index in [9.17, 15) is 4.79 Å². The van der Waals surface area contributed by atoms with Crippen LogP contribution in [0.1, 0.15) is 5.69 Å². The van der Waals surface area contributed by atoms with Crippen LogP contribution in [0.3, 0.4) is 0 Å². The third-order valence-corrected chi connectivity index (χ3v) is 6.08. The molecule has 0 saturated heterocycles. The summed E-state index contributed by atoms with van der Waals surface area (Å²) in [4.78, 5) is 18.4. The highest BCUT2D eigenvalue weighted by atomic mass is 16.5. The molecule has 2 heterocycles. The Morgan fingerprint density at radius 3 is 2.23 bits per heavy atom. The van der Waals surface area contributed by atoms with Gasteiger partial charge < -0.3 is 13.9 Å². The average molecular weight is 468 g/mol. The number of para-hydroxylation sites is 1. The minimum atomic E-state index is -0.195. The topological polar surface area (TPSA) is 70.9 Å². The van der Waals surface area contributed by atoms with E-state index in [1.807, 2.05) is 97.5 Å². The first kappa shape index (κ1) is 22.3. The fraction of sp³-hybridized carbons (Fsp3) is 0.143. The number of benzene rings is 3. The maximum absolute atomic E-state index is 13.5. The Hall–Kier alpha value is -4.52. The molecule has 0 aliphatic carbocycles. The Bertz CT molecular complexity index is 1640. The van der Waals surface area contributed by atoms with Crippen LogP contribution < -0.4 is 20.4 Å².